The Morgan fingerprint density at radius 3 is 2.78 bits per heavy atom. The number of nitrogens with one attached hydrogen (secondary N) is 1. The number of amides is 1. The second-order valence-electron chi connectivity index (χ2n) is 5.51. The number of halogens is 1. The van der Waals surface area contributed by atoms with E-state index in [0.717, 1.165) is 12.0 Å². The van der Waals surface area contributed by atoms with E-state index in [1.165, 1.54) is 12.3 Å². The lowest BCUT2D eigenvalue weighted by Crippen LogP contribution is -2.34. The molecule has 1 fully saturated rings. The van der Waals surface area contributed by atoms with E-state index in [1.54, 1.807) is 6.07 Å². The molecule has 1 aliphatic carbocycles. The Morgan fingerprint density at radius 1 is 1.50 bits per heavy atom. The number of nitrogens with zero attached hydrogens (tertiary/aromatic N) is 1. The van der Waals surface area contributed by atoms with Crippen LogP contribution >= 0.6 is 0 Å². The van der Waals surface area contributed by atoms with Crippen LogP contribution in [0, 0.1) is 5.95 Å². The molecule has 18 heavy (non-hydrogen) atoms. The summed E-state index contributed by atoms with van der Waals surface area (Å²) in [5, 5.41) is 2.79. The molecule has 98 valence electrons. The van der Waals surface area contributed by atoms with Crippen molar-refractivity contribution in [2.45, 2.75) is 44.8 Å². The van der Waals surface area contributed by atoms with Crippen molar-refractivity contribution in [3.63, 3.8) is 0 Å². The van der Waals surface area contributed by atoms with Crippen molar-refractivity contribution < 1.29 is 13.9 Å². The van der Waals surface area contributed by atoms with E-state index in [0.29, 0.717) is 0 Å². The smallest absolute Gasteiger partial charge is 0.407 e. The maximum Gasteiger partial charge on any atom is 0.407 e. The van der Waals surface area contributed by atoms with Crippen molar-refractivity contribution in [1.82, 2.24) is 10.3 Å². The highest BCUT2D eigenvalue weighted by atomic mass is 19.1. The number of carbonyl (C=O) groups is 1. The molecule has 5 heteroatoms. The maximum atomic E-state index is 12.7. The highest BCUT2D eigenvalue weighted by molar-refractivity contribution is 5.69. The van der Waals surface area contributed by atoms with E-state index in [9.17, 15) is 9.18 Å². The Kier molecular flexibility index (Phi) is 3.24. The monoisotopic (exact) mass is 252 g/mol. The SMILES string of the molecule is CC(C)(C)OC(=O)N[C@@H]1C[C@H]1c1ccc(F)nc1. The zero-order valence-electron chi connectivity index (χ0n) is 10.7. The predicted octanol–water partition coefficient (Wildman–Crippen LogP) is 2.60. The van der Waals surface area contributed by atoms with Gasteiger partial charge in [0.15, 0.2) is 0 Å². The van der Waals surface area contributed by atoms with Gasteiger partial charge in [0.1, 0.15) is 5.60 Å². The zero-order chi connectivity index (χ0) is 13.3. The average molecular weight is 252 g/mol. The number of alkyl carbamates (subject to hydrolysis) is 1. The molecule has 1 N–H and O–H groups in total. The number of hydrogen-bond donors (Lipinski definition) is 1. The van der Waals surface area contributed by atoms with Crippen molar-refractivity contribution >= 4 is 6.09 Å². The number of carbonyl (C=O) groups excluding carboxylic acids is 1. The molecule has 0 bridgehead atoms. The van der Waals surface area contributed by atoms with Gasteiger partial charge in [0, 0.05) is 18.2 Å². The fourth-order valence-electron chi connectivity index (χ4n) is 1.79. The fourth-order valence-corrected chi connectivity index (χ4v) is 1.79. The Bertz CT molecular complexity index is 439. The molecule has 0 spiro atoms. The predicted molar refractivity (Wildman–Crippen MR) is 64.7 cm³/mol. The molecule has 1 aliphatic rings. The number of ether oxygens (including phenoxy) is 1. The lowest BCUT2D eigenvalue weighted by molar-refractivity contribution is 0.0523. The molecule has 1 aromatic rings. The molecule has 2 rings (SSSR count). The number of aromatic nitrogens is 1. The highest BCUT2D eigenvalue weighted by Crippen LogP contribution is 2.40. The summed E-state index contributed by atoms with van der Waals surface area (Å²) in [6, 6.07) is 3.09. The van der Waals surface area contributed by atoms with Crippen molar-refractivity contribution in [3.8, 4) is 0 Å². The van der Waals surface area contributed by atoms with Gasteiger partial charge in [-0.2, -0.15) is 4.39 Å². The van der Waals surface area contributed by atoms with Crippen molar-refractivity contribution in [2.24, 2.45) is 0 Å². The Labute approximate surface area is 106 Å². The molecule has 2 atom stereocenters. The topological polar surface area (TPSA) is 51.2 Å². The molecule has 0 unspecified atom stereocenters. The average Bonchev–Trinajstić information content (AvgIpc) is 2.95. The van der Waals surface area contributed by atoms with Gasteiger partial charge in [-0.25, -0.2) is 9.78 Å². The van der Waals surface area contributed by atoms with Crippen molar-refractivity contribution in [3.05, 3.63) is 29.8 Å². The molecule has 0 saturated heterocycles. The van der Waals surface area contributed by atoms with E-state index in [4.69, 9.17) is 4.74 Å². The first kappa shape index (κ1) is 12.8. The summed E-state index contributed by atoms with van der Waals surface area (Å²) in [4.78, 5) is 15.1. The van der Waals surface area contributed by atoms with Crippen LogP contribution in [0.3, 0.4) is 0 Å². The standard InChI is InChI=1S/C13H17FN2O2/c1-13(2,3)18-12(17)16-10-6-9(10)8-4-5-11(14)15-7-8/h4-5,7,9-10H,6H2,1-3H3,(H,16,17)/t9-,10+/m0/s1. The van der Waals surface area contributed by atoms with E-state index in [2.05, 4.69) is 10.3 Å². The van der Waals surface area contributed by atoms with Gasteiger partial charge in [0.25, 0.3) is 0 Å². The third-order valence-electron chi connectivity index (χ3n) is 2.67. The van der Waals surface area contributed by atoms with Gasteiger partial charge in [0.2, 0.25) is 5.95 Å². The van der Waals surface area contributed by atoms with Gasteiger partial charge in [-0.15, -0.1) is 0 Å². The first-order valence-corrected chi connectivity index (χ1v) is 5.96. The van der Waals surface area contributed by atoms with Crippen molar-refractivity contribution in [2.75, 3.05) is 0 Å². The second kappa shape index (κ2) is 4.55. The van der Waals surface area contributed by atoms with E-state index < -0.39 is 17.6 Å². The third kappa shape index (κ3) is 3.42. The van der Waals surface area contributed by atoms with Gasteiger partial charge in [0.05, 0.1) is 0 Å². The minimum absolute atomic E-state index is 0.0621. The van der Waals surface area contributed by atoms with Gasteiger partial charge in [-0.1, -0.05) is 6.07 Å². The molecule has 1 amide bonds. The summed E-state index contributed by atoms with van der Waals surface area (Å²) in [7, 11) is 0. The second-order valence-corrected chi connectivity index (χ2v) is 5.51. The molecular weight excluding hydrogens is 235 g/mol. The van der Waals surface area contributed by atoms with Crippen molar-refractivity contribution in [1.29, 1.82) is 0 Å². The maximum absolute atomic E-state index is 12.7. The number of hydrogen-bond acceptors (Lipinski definition) is 3. The Balaban J connectivity index is 1.85. The highest BCUT2D eigenvalue weighted by Gasteiger charge is 2.40. The fraction of sp³-hybridized carbons (Fsp3) is 0.538. The van der Waals surface area contributed by atoms with Crippen LogP contribution in [-0.4, -0.2) is 22.7 Å². The molecular formula is C13H17FN2O2. The van der Waals surface area contributed by atoms with E-state index in [1.807, 2.05) is 20.8 Å². The minimum atomic E-state index is -0.494. The van der Waals surface area contributed by atoms with Crippen LogP contribution in [-0.2, 0) is 4.74 Å². The van der Waals surface area contributed by atoms with Crippen LogP contribution in [0.15, 0.2) is 18.3 Å². The molecule has 0 aliphatic heterocycles. The molecule has 0 aromatic carbocycles. The van der Waals surface area contributed by atoms with Crippen LogP contribution in [0.1, 0.15) is 38.7 Å². The molecule has 1 heterocycles. The van der Waals surface area contributed by atoms with Gasteiger partial charge in [-0.3, -0.25) is 0 Å². The van der Waals surface area contributed by atoms with Crippen LogP contribution in [0.2, 0.25) is 0 Å². The van der Waals surface area contributed by atoms with Gasteiger partial charge >= 0.3 is 6.09 Å². The lowest BCUT2D eigenvalue weighted by Gasteiger charge is -2.19. The summed E-state index contributed by atoms with van der Waals surface area (Å²) in [6.45, 7) is 5.46. The number of rotatable bonds is 2. The summed E-state index contributed by atoms with van der Waals surface area (Å²) in [5.41, 5.74) is 0.448. The van der Waals surface area contributed by atoms with Gasteiger partial charge < -0.3 is 10.1 Å². The molecule has 4 nitrogen and oxygen atoms in total. The third-order valence-corrected chi connectivity index (χ3v) is 2.67. The molecule has 0 radical (unpaired) electrons. The normalized spacial score (nSPS) is 22.4. The van der Waals surface area contributed by atoms with Crippen LogP contribution < -0.4 is 5.32 Å². The lowest BCUT2D eigenvalue weighted by atomic mass is 10.2. The Morgan fingerprint density at radius 2 is 2.22 bits per heavy atom. The summed E-state index contributed by atoms with van der Waals surface area (Å²) in [5.74, 6) is -0.276. The van der Waals surface area contributed by atoms with E-state index >= 15 is 0 Å². The zero-order valence-corrected chi connectivity index (χ0v) is 10.7. The van der Waals surface area contributed by atoms with Crippen LogP contribution in [0.5, 0.6) is 0 Å². The van der Waals surface area contributed by atoms with Gasteiger partial charge in [-0.05, 0) is 38.8 Å². The first-order chi connectivity index (χ1) is 8.35. The van der Waals surface area contributed by atoms with Crippen LogP contribution in [0.25, 0.3) is 0 Å². The summed E-state index contributed by atoms with van der Waals surface area (Å²) >= 11 is 0. The molecule has 1 aromatic heterocycles. The summed E-state index contributed by atoms with van der Waals surface area (Å²) < 4.78 is 17.8. The quantitative estimate of drug-likeness (QED) is 0.823. The molecule has 1 saturated carbocycles. The summed E-state index contributed by atoms with van der Waals surface area (Å²) in [6.07, 6.45) is 1.94. The first-order valence-electron chi connectivity index (χ1n) is 5.96. The number of pyridine rings is 1. The van der Waals surface area contributed by atoms with E-state index in [-0.39, 0.29) is 12.0 Å². The largest absolute Gasteiger partial charge is 0.444 e. The minimum Gasteiger partial charge on any atom is -0.444 e. The van der Waals surface area contributed by atoms with Crippen LogP contribution in [0.4, 0.5) is 9.18 Å². The Hall–Kier alpha value is -1.65.